The van der Waals surface area contributed by atoms with Crippen LogP contribution in [-0.4, -0.2) is 72.9 Å². The lowest BCUT2D eigenvalue weighted by atomic mass is 10.00. The smallest absolute Gasteiger partial charge is 0.237 e. The predicted octanol–water partition coefficient (Wildman–Crippen LogP) is 3.67. The van der Waals surface area contributed by atoms with Crippen molar-refractivity contribution in [2.45, 2.75) is 45.3 Å². The second-order valence-electron chi connectivity index (χ2n) is 9.15. The van der Waals surface area contributed by atoms with E-state index in [1.54, 1.807) is 32.3 Å². The van der Waals surface area contributed by atoms with Crippen molar-refractivity contribution < 1.29 is 19.4 Å². The summed E-state index contributed by atoms with van der Waals surface area (Å²) in [5.41, 5.74) is 1.51. The molecule has 0 spiro atoms. The van der Waals surface area contributed by atoms with Crippen LogP contribution in [0.4, 0.5) is 0 Å². The molecule has 1 unspecified atom stereocenters. The van der Waals surface area contributed by atoms with E-state index in [1.807, 2.05) is 34.1 Å². The van der Waals surface area contributed by atoms with Crippen molar-refractivity contribution in [3.8, 4) is 5.75 Å². The van der Waals surface area contributed by atoms with Crippen molar-refractivity contribution in [2.75, 3.05) is 46.5 Å². The number of hydrogen-bond acceptors (Lipinski definition) is 6. The Morgan fingerprint density at radius 2 is 2.03 bits per heavy atom. The van der Waals surface area contributed by atoms with Gasteiger partial charge in [0.15, 0.2) is 0 Å². The van der Waals surface area contributed by atoms with E-state index in [4.69, 9.17) is 9.47 Å². The van der Waals surface area contributed by atoms with Gasteiger partial charge in [0.1, 0.15) is 12.4 Å². The minimum Gasteiger partial charge on any atom is -0.491 e. The summed E-state index contributed by atoms with van der Waals surface area (Å²) in [6, 6.07) is 10.0. The number of nitrogens with zero attached hydrogens (tertiary/aromatic N) is 2. The molecule has 2 aromatic rings. The lowest BCUT2D eigenvalue weighted by Crippen LogP contribution is -2.49. The summed E-state index contributed by atoms with van der Waals surface area (Å²) in [4.78, 5) is 18.8. The minimum absolute atomic E-state index is 0.0704. The summed E-state index contributed by atoms with van der Waals surface area (Å²) < 4.78 is 11.3. The molecule has 1 amide bonds. The Morgan fingerprint density at radius 1 is 1.28 bits per heavy atom. The molecule has 0 saturated carbocycles. The van der Waals surface area contributed by atoms with E-state index < -0.39 is 5.60 Å². The first kappa shape index (κ1) is 24.7. The first-order valence-corrected chi connectivity index (χ1v) is 12.1. The number of aryl methyl sites for hydroxylation is 1. The van der Waals surface area contributed by atoms with E-state index in [1.165, 1.54) is 16.0 Å². The second kappa shape index (κ2) is 11.3. The summed E-state index contributed by atoms with van der Waals surface area (Å²) in [6.45, 7) is 8.75. The number of methoxy groups -OCH3 is 1. The summed E-state index contributed by atoms with van der Waals surface area (Å²) in [5.74, 6) is 0.884. The van der Waals surface area contributed by atoms with Crippen LogP contribution in [0.2, 0.25) is 0 Å². The van der Waals surface area contributed by atoms with Crippen molar-refractivity contribution in [2.24, 2.45) is 0 Å². The van der Waals surface area contributed by atoms with E-state index in [2.05, 4.69) is 18.4 Å². The molecule has 7 heteroatoms. The number of benzene rings is 1. The molecule has 0 radical (unpaired) electrons. The minimum atomic E-state index is -0.871. The van der Waals surface area contributed by atoms with Gasteiger partial charge in [-0.05, 0) is 62.8 Å². The van der Waals surface area contributed by atoms with Crippen molar-refractivity contribution >= 4 is 17.2 Å². The zero-order valence-electron chi connectivity index (χ0n) is 19.7. The molecule has 2 heterocycles. The van der Waals surface area contributed by atoms with Crippen LogP contribution in [0.25, 0.3) is 0 Å². The van der Waals surface area contributed by atoms with Gasteiger partial charge in [-0.2, -0.15) is 0 Å². The van der Waals surface area contributed by atoms with E-state index >= 15 is 0 Å². The van der Waals surface area contributed by atoms with Crippen LogP contribution in [-0.2, 0) is 16.0 Å². The highest BCUT2D eigenvalue weighted by Crippen LogP contribution is 2.34. The Labute approximate surface area is 195 Å². The molecule has 0 aliphatic carbocycles. The van der Waals surface area contributed by atoms with Crippen LogP contribution in [0, 0.1) is 6.92 Å². The molecule has 32 heavy (non-hydrogen) atoms. The highest BCUT2D eigenvalue weighted by Gasteiger charge is 2.33. The number of fused-ring (bicyclic) bond motifs is 1. The van der Waals surface area contributed by atoms with Crippen LogP contribution in [0.3, 0.4) is 0 Å². The molecule has 0 bridgehead atoms. The molecule has 6 nitrogen and oxygen atoms in total. The van der Waals surface area contributed by atoms with Crippen molar-refractivity contribution in [1.29, 1.82) is 0 Å². The van der Waals surface area contributed by atoms with Gasteiger partial charge < -0.3 is 19.5 Å². The number of ether oxygens (including phenoxy) is 2. The number of rotatable bonds is 11. The average Bonchev–Trinajstić information content (AvgIpc) is 3.21. The number of thiophene rings is 1. The lowest BCUT2D eigenvalue weighted by molar-refractivity contribution is -0.136. The van der Waals surface area contributed by atoms with Crippen molar-refractivity contribution in [3.63, 3.8) is 0 Å². The van der Waals surface area contributed by atoms with Gasteiger partial charge in [0, 0.05) is 38.2 Å². The first-order valence-electron chi connectivity index (χ1n) is 11.3. The van der Waals surface area contributed by atoms with Gasteiger partial charge in [0.25, 0.3) is 0 Å². The molecular formula is C25H36N2O4S. The fourth-order valence-electron chi connectivity index (χ4n) is 4.16. The third-order valence-electron chi connectivity index (χ3n) is 5.64. The molecular weight excluding hydrogens is 424 g/mol. The molecule has 1 aliphatic rings. The molecule has 1 atom stereocenters. The molecule has 3 rings (SSSR count). The van der Waals surface area contributed by atoms with E-state index in [9.17, 15) is 9.90 Å². The summed E-state index contributed by atoms with van der Waals surface area (Å²) in [5, 5.41) is 12.4. The summed E-state index contributed by atoms with van der Waals surface area (Å²) in [7, 11) is 1.68. The monoisotopic (exact) mass is 460 g/mol. The zero-order chi connectivity index (χ0) is 23.1. The average molecular weight is 461 g/mol. The van der Waals surface area contributed by atoms with Crippen molar-refractivity contribution in [3.05, 3.63) is 51.7 Å². The third-order valence-corrected chi connectivity index (χ3v) is 6.63. The SMILES string of the molecule is COCCCN(CC(=O)N1CCc2sccc2C1COc1ccc(C)cc1)CC(C)(C)O. The van der Waals surface area contributed by atoms with Gasteiger partial charge in [0.2, 0.25) is 5.91 Å². The maximum Gasteiger partial charge on any atom is 0.237 e. The normalized spacial score (nSPS) is 16.3. The highest BCUT2D eigenvalue weighted by molar-refractivity contribution is 7.10. The first-order chi connectivity index (χ1) is 15.3. The van der Waals surface area contributed by atoms with E-state index in [-0.39, 0.29) is 18.5 Å². The van der Waals surface area contributed by atoms with Gasteiger partial charge in [0.05, 0.1) is 18.2 Å². The Bertz CT molecular complexity index is 860. The van der Waals surface area contributed by atoms with Gasteiger partial charge in [-0.15, -0.1) is 11.3 Å². The highest BCUT2D eigenvalue weighted by atomic mass is 32.1. The summed E-state index contributed by atoms with van der Waals surface area (Å²) in [6.07, 6.45) is 1.68. The Kier molecular flexibility index (Phi) is 8.71. The number of aliphatic hydroxyl groups is 1. The molecule has 1 aromatic heterocycles. The molecule has 1 aliphatic heterocycles. The standard InChI is InChI=1S/C25H36N2O4S/c1-19-6-8-20(9-7-19)31-17-22-21-11-15-32-23(21)10-13-27(22)24(28)16-26(12-5-14-30-4)18-25(2,3)29/h6-9,11,15,22,29H,5,10,12-14,16-18H2,1-4H3. The van der Waals surface area contributed by atoms with E-state index in [0.717, 1.165) is 18.6 Å². The van der Waals surface area contributed by atoms with Gasteiger partial charge in [-0.3, -0.25) is 9.69 Å². The maximum absolute atomic E-state index is 13.4. The zero-order valence-corrected chi connectivity index (χ0v) is 20.5. The number of carbonyl (C=O) groups is 1. The topological polar surface area (TPSA) is 62.2 Å². The van der Waals surface area contributed by atoms with Crippen LogP contribution in [0.15, 0.2) is 35.7 Å². The molecule has 176 valence electrons. The van der Waals surface area contributed by atoms with Gasteiger partial charge in [-0.1, -0.05) is 17.7 Å². The van der Waals surface area contributed by atoms with Gasteiger partial charge in [-0.25, -0.2) is 0 Å². The molecule has 0 saturated heterocycles. The summed E-state index contributed by atoms with van der Waals surface area (Å²) >= 11 is 1.75. The van der Waals surface area contributed by atoms with Crippen molar-refractivity contribution in [1.82, 2.24) is 9.80 Å². The Hall–Kier alpha value is -1.93. The number of hydrogen-bond donors (Lipinski definition) is 1. The third kappa shape index (κ3) is 7.04. The molecule has 0 fully saturated rings. The van der Waals surface area contributed by atoms with Gasteiger partial charge >= 0.3 is 0 Å². The maximum atomic E-state index is 13.4. The molecule has 1 aromatic carbocycles. The molecule has 1 N–H and O–H groups in total. The number of amides is 1. The fourth-order valence-corrected chi connectivity index (χ4v) is 5.09. The predicted molar refractivity (Wildman–Crippen MR) is 128 cm³/mol. The van der Waals surface area contributed by atoms with Crippen LogP contribution in [0.1, 0.15) is 42.3 Å². The Morgan fingerprint density at radius 3 is 2.72 bits per heavy atom. The van der Waals surface area contributed by atoms with Crippen LogP contribution < -0.4 is 4.74 Å². The van der Waals surface area contributed by atoms with E-state index in [0.29, 0.717) is 32.8 Å². The fraction of sp³-hybridized carbons (Fsp3) is 0.560. The quantitative estimate of drug-likeness (QED) is 0.519. The van der Waals surface area contributed by atoms with Crippen LogP contribution >= 0.6 is 11.3 Å². The second-order valence-corrected chi connectivity index (χ2v) is 10.1. The lowest BCUT2D eigenvalue weighted by Gasteiger charge is -2.37. The largest absolute Gasteiger partial charge is 0.491 e. The Balaban J connectivity index is 1.72. The number of carbonyl (C=O) groups excluding carboxylic acids is 1. The van der Waals surface area contributed by atoms with Crippen LogP contribution in [0.5, 0.6) is 5.75 Å².